The predicted octanol–water partition coefficient (Wildman–Crippen LogP) is 5.89. The van der Waals surface area contributed by atoms with Crippen molar-refractivity contribution < 1.29 is 13.2 Å². The minimum Gasteiger partial charge on any atom is -0.331 e. The highest BCUT2D eigenvalue weighted by Gasteiger charge is 2.45. The van der Waals surface area contributed by atoms with E-state index in [0.717, 1.165) is 11.1 Å². The lowest BCUT2D eigenvalue weighted by Gasteiger charge is -2.48. The Bertz CT molecular complexity index is 1130. The van der Waals surface area contributed by atoms with Crippen molar-refractivity contribution in [3.05, 3.63) is 69.7 Å². The first-order valence-corrected chi connectivity index (χ1v) is 14.2. The zero-order valence-electron chi connectivity index (χ0n) is 19.8. The van der Waals surface area contributed by atoms with E-state index in [1.165, 1.54) is 4.31 Å². The fourth-order valence-corrected chi connectivity index (χ4v) is 7.09. The highest BCUT2D eigenvalue weighted by molar-refractivity contribution is 7.90. The summed E-state index contributed by atoms with van der Waals surface area (Å²) >= 11 is 12.5. The molecule has 5 nitrogen and oxygen atoms in total. The van der Waals surface area contributed by atoms with Crippen LogP contribution in [0.15, 0.2) is 48.5 Å². The quantitative estimate of drug-likeness (QED) is 0.434. The van der Waals surface area contributed by atoms with Crippen LogP contribution < -0.4 is 0 Å². The third-order valence-electron chi connectivity index (χ3n) is 7.17. The van der Waals surface area contributed by atoms with E-state index in [0.29, 0.717) is 35.7 Å². The van der Waals surface area contributed by atoms with Crippen molar-refractivity contribution in [2.24, 2.45) is 5.92 Å². The van der Waals surface area contributed by atoms with Crippen LogP contribution in [0, 0.1) is 5.92 Å². The standard InChI is InChI=1S/C26H32Cl2N2O3S/c1-4-22(16-29(3)34(32,33)23-12-13-23)30-25(18-8-10-20(27)11-9-18)24(14-17(2)26(30)31)19-6-5-7-21(28)15-19/h5-11,15,17,22-25H,4,12-14,16H2,1-3H3/t17?,22-,24+,25?/m0/s1. The topological polar surface area (TPSA) is 57.7 Å². The van der Waals surface area contributed by atoms with Crippen LogP contribution >= 0.6 is 23.2 Å². The first kappa shape index (κ1) is 25.5. The number of likely N-dealkylation sites (N-methyl/N-ethyl adjacent to an activating group) is 1. The van der Waals surface area contributed by atoms with E-state index in [1.807, 2.05) is 61.2 Å². The lowest BCUT2D eigenvalue weighted by atomic mass is 9.75. The molecule has 1 saturated heterocycles. The molecule has 4 atom stereocenters. The van der Waals surface area contributed by atoms with E-state index in [2.05, 4.69) is 6.07 Å². The second kappa shape index (κ2) is 10.2. The fraction of sp³-hybridized carbons (Fsp3) is 0.500. The number of hydrogen-bond acceptors (Lipinski definition) is 3. The molecule has 2 aliphatic rings. The number of rotatable bonds is 8. The highest BCUT2D eigenvalue weighted by Crippen LogP contribution is 2.47. The number of piperidine rings is 1. The number of carbonyl (C=O) groups is 1. The summed E-state index contributed by atoms with van der Waals surface area (Å²) in [6, 6.07) is 15.0. The van der Waals surface area contributed by atoms with Crippen molar-refractivity contribution in [2.45, 2.75) is 62.8 Å². The number of hydrogen-bond donors (Lipinski definition) is 0. The van der Waals surface area contributed by atoms with E-state index >= 15 is 0 Å². The van der Waals surface area contributed by atoms with Gasteiger partial charge in [-0.15, -0.1) is 0 Å². The maximum Gasteiger partial charge on any atom is 0.226 e. The van der Waals surface area contributed by atoms with Gasteiger partial charge in [0.2, 0.25) is 15.9 Å². The molecule has 1 aliphatic heterocycles. The van der Waals surface area contributed by atoms with Crippen LogP contribution in [0.4, 0.5) is 0 Å². The third kappa shape index (κ3) is 5.15. The van der Waals surface area contributed by atoms with E-state index < -0.39 is 10.0 Å². The highest BCUT2D eigenvalue weighted by atomic mass is 35.5. The molecular weight excluding hydrogens is 491 g/mol. The average molecular weight is 524 g/mol. The van der Waals surface area contributed by atoms with E-state index in [9.17, 15) is 13.2 Å². The van der Waals surface area contributed by atoms with Gasteiger partial charge in [0.05, 0.1) is 11.3 Å². The minimum absolute atomic E-state index is 0.0203. The molecule has 1 heterocycles. The molecule has 1 aliphatic carbocycles. The van der Waals surface area contributed by atoms with E-state index in [4.69, 9.17) is 23.2 Å². The van der Waals surface area contributed by atoms with Crippen LogP contribution in [0.25, 0.3) is 0 Å². The SMILES string of the molecule is CC[C@@H](CN(C)S(=O)(=O)C1CC1)N1C(=O)C(C)C[C@H](c2cccc(Cl)c2)C1c1ccc(Cl)cc1. The third-order valence-corrected chi connectivity index (χ3v) is 9.98. The van der Waals surface area contributed by atoms with Gasteiger partial charge >= 0.3 is 0 Å². The van der Waals surface area contributed by atoms with Gasteiger partial charge in [0.25, 0.3) is 0 Å². The van der Waals surface area contributed by atoms with Gasteiger partial charge in [-0.05, 0) is 61.1 Å². The summed E-state index contributed by atoms with van der Waals surface area (Å²) in [5, 5.41) is 1.01. The molecule has 1 amide bonds. The molecule has 4 rings (SSSR count). The Morgan fingerprint density at radius 1 is 1.06 bits per heavy atom. The molecule has 34 heavy (non-hydrogen) atoms. The van der Waals surface area contributed by atoms with Crippen molar-refractivity contribution in [3.63, 3.8) is 0 Å². The maximum absolute atomic E-state index is 13.7. The van der Waals surface area contributed by atoms with Gasteiger partial charge in [-0.2, -0.15) is 0 Å². The molecule has 184 valence electrons. The number of benzene rings is 2. The Morgan fingerprint density at radius 2 is 1.74 bits per heavy atom. The molecule has 8 heteroatoms. The van der Waals surface area contributed by atoms with Crippen LogP contribution in [0.2, 0.25) is 10.0 Å². The Morgan fingerprint density at radius 3 is 2.32 bits per heavy atom. The predicted molar refractivity (Wildman–Crippen MR) is 138 cm³/mol. The van der Waals surface area contributed by atoms with Crippen LogP contribution in [0.5, 0.6) is 0 Å². The largest absolute Gasteiger partial charge is 0.331 e. The zero-order chi connectivity index (χ0) is 24.6. The molecule has 1 saturated carbocycles. The van der Waals surface area contributed by atoms with Crippen molar-refractivity contribution in [1.82, 2.24) is 9.21 Å². The average Bonchev–Trinajstić information content (AvgIpc) is 3.66. The molecule has 0 bridgehead atoms. The molecule has 0 spiro atoms. The van der Waals surface area contributed by atoms with Crippen molar-refractivity contribution >= 4 is 39.1 Å². The van der Waals surface area contributed by atoms with E-state index in [1.54, 1.807) is 7.05 Å². The lowest BCUT2D eigenvalue weighted by molar-refractivity contribution is -0.146. The Labute approximate surface area is 213 Å². The molecule has 0 N–H and O–H groups in total. The number of sulfonamides is 1. The van der Waals surface area contributed by atoms with Crippen LogP contribution in [0.1, 0.15) is 62.6 Å². The summed E-state index contributed by atoms with van der Waals surface area (Å²) in [6.45, 7) is 4.25. The van der Waals surface area contributed by atoms with Crippen LogP contribution in [0.3, 0.4) is 0 Å². The summed E-state index contributed by atoms with van der Waals surface area (Å²) in [7, 11) is -1.70. The van der Waals surface area contributed by atoms with Gasteiger partial charge in [0.15, 0.2) is 0 Å². The van der Waals surface area contributed by atoms with Gasteiger partial charge in [0.1, 0.15) is 0 Å². The molecule has 2 aromatic carbocycles. The lowest BCUT2D eigenvalue weighted by Crippen LogP contribution is -2.54. The van der Waals surface area contributed by atoms with Gasteiger partial charge in [-0.3, -0.25) is 4.79 Å². The number of carbonyl (C=O) groups excluding carboxylic acids is 1. The monoisotopic (exact) mass is 522 g/mol. The number of amides is 1. The minimum atomic E-state index is -3.34. The second-order valence-electron chi connectivity index (χ2n) is 9.63. The molecular formula is C26H32Cl2N2O3S. The van der Waals surface area contributed by atoms with E-state index in [-0.39, 0.29) is 41.6 Å². The first-order valence-electron chi connectivity index (χ1n) is 11.9. The smallest absolute Gasteiger partial charge is 0.226 e. The molecule has 2 fully saturated rings. The summed E-state index contributed by atoms with van der Waals surface area (Å²) in [6.07, 6.45) is 2.77. The Hall–Kier alpha value is -1.60. The molecule has 0 aromatic heterocycles. The molecule has 0 radical (unpaired) electrons. The Balaban J connectivity index is 1.77. The van der Waals surface area contributed by atoms with Crippen LogP contribution in [-0.2, 0) is 14.8 Å². The second-order valence-corrected chi connectivity index (χ2v) is 12.8. The molecule has 2 aromatic rings. The van der Waals surface area contributed by atoms with Gasteiger partial charge in [0, 0.05) is 41.5 Å². The fourth-order valence-electron chi connectivity index (χ4n) is 5.15. The number of likely N-dealkylation sites (tertiary alicyclic amines) is 1. The summed E-state index contributed by atoms with van der Waals surface area (Å²) in [5.74, 6) is -0.110. The first-order chi connectivity index (χ1) is 16.1. The zero-order valence-corrected chi connectivity index (χ0v) is 22.2. The summed E-state index contributed by atoms with van der Waals surface area (Å²) in [4.78, 5) is 15.6. The maximum atomic E-state index is 13.7. The number of nitrogens with zero attached hydrogens (tertiary/aromatic N) is 2. The van der Waals surface area contributed by atoms with Crippen molar-refractivity contribution in [2.75, 3.05) is 13.6 Å². The normalized spacial score (nSPS) is 24.5. The summed E-state index contributed by atoms with van der Waals surface area (Å²) in [5.41, 5.74) is 2.06. The van der Waals surface area contributed by atoms with Gasteiger partial charge in [-0.25, -0.2) is 12.7 Å². The Kier molecular flexibility index (Phi) is 7.63. The van der Waals surface area contributed by atoms with Crippen molar-refractivity contribution in [1.29, 1.82) is 0 Å². The van der Waals surface area contributed by atoms with Gasteiger partial charge < -0.3 is 4.90 Å². The summed E-state index contributed by atoms with van der Waals surface area (Å²) < 4.78 is 27.2. The van der Waals surface area contributed by atoms with Crippen LogP contribution in [-0.4, -0.2) is 48.4 Å². The number of halogens is 2. The molecule has 2 unspecified atom stereocenters. The van der Waals surface area contributed by atoms with Gasteiger partial charge in [-0.1, -0.05) is 61.3 Å². The van der Waals surface area contributed by atoms with Crippen molar-refractivity contribution in [3.8, 4) is 0 Å².